The molecule has 1 aliphatic heterocycles. The Morgan fingerprint density at radius 1 is 1.23 bits per heavy atom. The highest BCUT2D eigenvalue weighted by atomic mass is 19.1. The molecule has 0 aromatic carbocycles. The zero-order chi connectivity index (χ0) is 23.9. The van der Waals surface area contributed by atoms with Gasteiger partial charge in [-0.05, 0) is 18.2 Å². The number of rotatable bonds is 7. The Hall–Kier alpha value is -3.57. The first kappa shape index (κ1) is 21.9. The lowest BCUT2D eigenvalue weighted by Gasteiger charge is -2.26. The minimum Gasteiger partial charge on any atom is -0.385 e. The molecule has 1 saturated carbocycles. The number of morpholine rings is 1. The summed E-state index contributed by atoms with van der Waals surface area (Å²) in [5.74, 6) is -0.385. The zero-order valence-corrected chi connectivity index (χ0v) is 19.4. The lowest BCUT2D eigenvalue weighted by Crippen LogP contribution is -2.38. The molecule has 35 heavy (non-hydrogen) atoms. The summed E-state index contributed by atoms with van der Waals surface area (Å²) in [7, 11) is 1.80. The van der Waals surface area contributed by atoms with Crippen molar-refractivity contribution in [3.63, 3.8) is 0 Å². The number of hydrogen-bond acceptors (Lipinski definition) is 7. The third-order valence-electron chi connectivity index (χ3n) is 6.67. The number of nitrogens with zero attached hydrogens (tertiary/aromatic N) is 6. The maximum atomic E-state index is 13.3. The Morgan fingerprint density at radius 3 is 2.83 bits per heavy atom. The van der Waals surface area contributed by atoms with Crippen LogP contribution in [0, 0.1) is 0 Å². The van der Waals surface area contributed by atoms with Gasteiger partial charge in [0.25, 0.3) is 5.91 Å². The van der Waals surface area contributed by atoms with Crippen LogP contribution in [0.25, 0.3) is 27.9 Å². The normalized spacial score (nSPS) is 20.4. The van der Waals surface area contributed by atoms with Crippen molar-refractivity contribution >= 4 is 28.3 Å². The first-order valence-electron chi connectivity index (χ1n) is 11.9. The number of alkyl halides is 1. The molecule has 0 bridgehead atoms. The Balaban J connectivity index is 1.38. The van der Waals surface area contributed by atoms with Crippen LogP contribution in [0.2, 0.25) is 0 Å². The quantitative estimate of drug-likeness (QED) is 0.419. The number of imidazole rings is 1. The van der Waals surface area contributed by atoms with Crippen molar-refractivity contribution in [2.75, 3.05) is 45.2 Å². The fraction of sp³-hybridized carbons (Fsp3) is 0.417. The molecule has 1 aliphatic carbocycles. The molecule has 2 atom stereocenters. The number of halogens is 1. The number of aromatic nitrogens is 5. The van der Waals surface area contributed by atoms with Gasteiger partial charge >= 0.3 is 0 Å². The summed E-state index contributed by atoms with van der Waals surface area (Å²) in [5, 5.41) is 11.6. The molecular weight excluding hydrogens is 451 g/mol. The summed E-state index contributed by atoms with van der Waals surface area (Å²) in [6.07, 6.45) is 4.71. The molecule has 11 heteroatoms. The van der Waals surface area contributed by atoms with Gasteiger partial charge < -0.3 is 19.9 Å². The molecular formula is C24H27FN8O2. The summed E-state index contributed by atoms with van der Waals surface area (Å²) in [5.41, 5.74) is 4.03. The smallest absolute Gasteiger partial charge is 0.271 e. The lowest BCUT2D eigenvalue weighted by molar-refractivity contribution is 0.0365. The molecule has 5 heterocycles. The van der Waals surface area contributed by atoms with E-state index in [0.717, 1.165) is 61.7 Å². The van der Waals surface area contributed by atoms with Crippen molar-refractivity contribution in [1.29, 1.82) is 0 Å². The minimum atomic E-state index is -0.981. The molecule has 2 fully saturated rings. The number of fused-ring (bicyclic) bond motifs is 2. The number of amides is 1. The van der Waals surface area contributed by atoms with E-state index in [1.54, 1.807) is 13.2 Å². The highest BCUT2D eigenvalue weighted by molar-refractivity contribution is 5.96. The summed E-state index contributed by atoms with van der Waals surface area (Å²) >= 11 is 0. The molecule has 2 aliphatic rings. The van der Waals surface area contributed by atoms with Gasteiger partial charge in [0.1, 0.15) is 11.8 Å². The van der Waals surface area contributed by atoms with E-state index >= 15 is 0 Å². The van der Waals surface area contributed by atoms with Crippen LogP contribution in [0.3, 0.4) is 0 Å². The third-order valence-corrected chi connectivity index (χ3v) is 6.67. The van der Waals surface area contributed by atoms with Crippen molar-refractivity contribution in [1.82, 2.24) is 34.4 Å². The Labute approximate surface area is 201 Å². The van der Waals surface area contributed by atoms with E-state index in [2.05, 4.69) is 36.3 Å². The molecule has 0 unspecified atom stereocenters. The maximum absolute atomic E-state index is 13.3. The highest BCUT2D eigenvalue weighted by Gasteiger charge is 2.39. The largest absolute Gasteiger partial charge is 0.385 e. The van der Waals surface area contributed by atoms with Gasteiger partial charge in [-0.15, -0.1) is 0 Å². The second kappa shape index (κ2) is 8.90. The lowest BCUT2D eigenvalue weighted by atomic mass is 10.1. The number of ether oxygens (including phenoxy) is 1. The minimum absolute atomic E-state index is 0.270. The van der Waals surface area contributed by atoms with Crippen molar-refractivity contribution in [3.05, 3.63) is 42.5 Å². The molecule has 10 nitrogen and oxygen atoms in total. The third kappa shape index (κ3) is 4.10. The molecule has 1 saturated heterocycles. The van der Waals surface area contributed by atoms with Crippen LogP contribution in [0.1, 0.15) is 16.9 Å². The fourth-order valence-electron chi connectivity index (χ4n) is 4.57. The van der Waals surface area contributed by atoms with Crippen LogP contribution in [0.15, 0.2) is 36.8 Å². The van der Waals surface area contributed by atoms with Crippen LogP contribution < -0.4 is 10.6 Å². The Kier molecular flexibility index (Phi) is 5.57. The molecule has 0 radical (unpaired) electrons. The SMILES string of the molecule is CNc1cc(-c2cn(CCN3CCOCC3)c3ncccc23)nn2c(C(=O)N[C@@H]3C[C@@H]3F)cnc12. The number of carbonyl (C=O) groups excluding carboxylic acids is 1. The van der Waals surface area contributed by atoms with Crippen LogP contribution in [0.4, 0.5) is 10.1 Å². The molecule has 0 spiro atoms. The van der Waals surface area contributed by atoms with E-state index in [1.165, 1.54) is 10.7 Å². The predicted molar refractivity (Wildman–Crippen MR) is 129 cm³/mol. The predicted octanol–water partition coefficient (Wildman–Crippen LogP) is 1.96. The van der Waals surface area contributed by atoms with Crippen molar-refractivity contribution < 1.29 is 13.9 Å². The van der Waals surface area contributed by atoms with Gasteiger partial charge in [0.05, 0.1) is 36.8 Å². The van der Waals surface area contributed by atoms with Crippen LogP contribution in [-0.4, -0.2) is 87.1 Å². The standard InChI is InChI=1S/C24H27FN8O2/c1-26-20-12-18(30-33-21(13-28-23(20)33)24(34)29-19-11-17(19)25)16-14-32(22-15(16)3-2-4-27-22)6-5-31-7-9-35-10-8-31/h2-4,12-14,17,19,26H,5-11H2,1H3,(H,29,34)/t17-,19+/m0/s1. The van der Waals surface area contributed by atoms with Crippen LogP contribution in [-0.2, 0) is 11.3 Å². The summed E-state index contributed by atoms with van der Waals surface area (Å²) in [6, 6.07) is 5.44. The number of anilines is 1. The van der Waals surface area contributed by atoms with Gasteiger partial charge in [-0.3, -0.25) is 9.69 Å². The van der Waals surface area contributed by atoms with E-state index < -0.39 is 12.2 Å². The summed E-state index contributed by atoms with van der Waals surface area (Å²) in [4.78, 5) is 24.2. The second-order valence-electron chi connectivity index (χ2n) is 8.97. The van der Waals surface area contributed by atoms with E-state index in [1.807, 2.05) is 18.2 Å². The summed E-state index contributed by atoms with van der Waals surface area (Å²) < 4.78 is 22.5. The van der Waals surface area contributed by atoms with Gasteiger partial charge in [0, 0.05) is 63.0 Å². The molecule has 1 amide bonds. The number of pyridine rings is 1. The molecule has 2 N–H and O–H groups in total. The Bertz CT molecular complexity index is 1390. The van der Waals surface area contributed by atoms with E-state index in [-0.39, 0.29) is 11.6 Å². The van der Waals surface area contributed by atoms with Crippen LogP contribution >= 0.6 is 0 Å². The van der Waals surface area contributed by atoms with Gasteiger partial charge in [-0.25, -0.2) is 18.9 Å². The van der Waals surface area contributed by atoms with Gasteiger partial charge in [-0.1, -0.05) is 0 Å². The van der Waals surface area contributed by atoms with E-state index in [0.29, 0.717) is 17.8 Å². The summed E-state index contributed by atoms with van der Waals surface area (Å²) in [6.45, 7) is 5.08. The maximum Gasteiger partial charge on any atom is 0.271 e. The fourth-order valence-corrected chi connectivity index (χ4v) is 4.57. The first-order chi connectivity index (χ1) is 17.1. The van der Waals surface area contributed by atoms with Crippen molar-refractivity contribution in [2.24, 2.45) is 0 Å². The van der Waals surface area contributed by atoms with E-state index in [9.17, 15) is 9.18 Å². The Morgan fingerprint density at radius 2 is 2.06 bits per heavy atom. The number of hydrogen-bond donors (Lipinski definition) is 2. The molecule has 6 rings (SSSR count). The van der Waals surface area contributed by atoms with Crippen LogP contribution in [0.5, 0.6) is 0 Å². The van der Waals surface area contributed by atoms with Crippen molar-refractivity contribution in [2.45, 2.75) is 25.2 Å². The molecule has 4 aromatic heterocycles. The molecule has 4 aromatic rings. The average molecular weight is 479 g/mol. The van der Waals surface area contributed by atoms with Gasteiger partial charge in [0.15, 0.2) is 11.3 Å². The number of nitrogens with one attached hydrogen (secondary N) is 2. The monoisotopic (exact) mass is 478 g/mol. The number of carbonyl (C=O) groups is 1. The van der Waals surface area contributed by atoms with Gasteiger partial charge in [0.2, 0.25) is 0 Å². The topological polar surface area (TPSA) is 102 Å². The highest BCUT2D eigenvalue weighted by Crippen LogP contribution is 2.31. The van der Waals surface area contributed by atoms with Gasteiger partial charge in [-0.2, -0.15) is 5.10 Å². The average Bonchev–Trinajstić information content (AvgIpc) is 3.27. The first-order valence-corrected chi connectivity index (χ1v) is 11.9. The zero-order valence-electron chi connectivity index (χ0n) is 19.4. The van der Waals surface area contributed by atoms with E-state index in [4.69, 9.17) is 9.84 Å². The second-order valence-corrected chi connectivity index (χ2v) is 8.97. The van der Waals surface area contributed by atoms with Crippen molar-refractivity contribution in [3.8, 4) is 11.3 Å². The molecule has 182 valence electrons.